The molecule has 30 heavy (non-hydrogen) atoms. The molecule has 0 saturated carbocycles. The summed E-state index contributed by atoms with van der Waals surface area (Å²) in [6, 6.07) is 16.2. The van der Waals surface area contributed by atoms with Crippen LogP contribution in [0.1, 0.15) is 24.0 Å². The predicted octanol–water partition coefficient (Wildman–Crippen LogP) is 2.53. The standard InChI is InChI=1S/C24H34N2O4/c1-25(16-20-4-8-22(29-2)9-5-20)18-24(28)12-13-26(19-24)17-21-6-10-23(11-7-21)30-15-3-14-27/h4-11,27-28H,3,12-19H2,1-2H3/t24-/m0/s1. The van der Waals surface area contributed by atoms with Crippen molar-refractivity contribution in [1.82, 2.24) is 9.80 Å². The molecular weight excluding hydrogens is 380 g/mol. The second kappa shape index (κ2) is 10.8. The second-order valence-corrected chi connectivity index (χ2v) is 8.27. The van der Waals surface area contributed by atoms with Gasteiger partial charge in [0.25, 0.3) is 0 Å². The summed E-state index contributed by atoms with van der Waals surface area (Å²) in [7, 11) is 3.73. The van der Waals surface area contributed by atoms with E-state index in [0.29, 0.717) is 26.1 Å². The third kappa shape index (κ3) is 6.71. The van der Waals surface area contributed by atoms with Gasteiger partial charge < -0.3 is 19.7 Å². The van der Waals surface area contributed by atoms with E-state index in [1.54, 1.807) is 7.11 Å². The van der Waals surface area contributed by atoms with E-state index in [9.17, 15) is 5.11 Å². The molecule has 6 nitrogen and oxygen atoms in total. The van der Waals surface area contributed by atoms with E-state index < -0.39 is 5.60 Å². The number of aliphatic hydroxyl groups is 2. The zero-order chi connectivity index (χ0) is 21.4. The largest absolute Gasteiger partial charge is 0.497 e. The van der Waals surface area contributed by atoms with Gasteiger partial charge in [0.2, 0.25) is 0 Å². The Hall–Kier alpha value is -2.12. The Labute approximate surface area is 179 Å². The summed E-state index contributed by atoms with van der Waals surface area (Å²) in [5, 5.41) is 19.9. The second-order valence-electron chi connectivity index (χ2n) is 8.27. The number of likely N-dealkylation sites (N-methyl/N-ethyl adjacent to an activating group) is 1. The van der Waals surface area contributed by atoms with Crippen molar-refractivity contribution < 1.29 is 19.7 Å². The Morgan fingerprint density at radius 2 is 1.70 bits per heavy atom. The van der Waals surface area contributed by atoms with Gasteiger partial charge in [0.15, 0.2) is 0 Å². The van der Waals surface area contributed by atoms with Gasteiger partial charge in [-0.2, -0.15) is 0 Å². The maximum absolute atomic E-state index is 11.1. The molecule has 0 aromatic heterocycles. The summed E-state index contributed by atoms with van der Waals surface area (Å²) >= 11 is 0. The van der Waals surface area contributed by atoms with Crippen LogP contribution in [0, 0.1) is 0 Å². The van der Waals surface area contributed by atoms with Gasteiger partial charge in [0, 0.05) is 45.8 Å². The van der Waals surface area contributed by atoms with Gasteiger partial charge in [0.1, 0.15) is 11.5 Å². The molecule has 6 heteroatoms. The number of likely N-dealkylation sites (tertiary alicyclic amines) is 1. The summed E-state index contributed by atoms with van der Waals surface area (Å²) in [4.78, 5) is 4.49. The maximum Gasteiger partial charge on any atom is 0.119 e. The van der Waals surface area contributed by atoms with E-state index in [-0.39, 0.29) is 6.61 Å². The number of β-amino-alcohol motifs (C(OH)–C–C–N with tert-alkyl or cyclic N) is 1. The van der Waals surface area contributed by atoms with Crippen LogP contribution < -0.4 is 9.47 Å². The van der Waals surface area contributed by atoms with Gasteiger partial charge in [-0.05, 0) is 48.9 Å². The lowest BCUT2D eigenvalue weighted by Gasteiger charge is -2.29. The molecular formula is C24H34N2O4. The van der Waals surface area contributed by atoms with Crippen molar-refractivity contribution in [2.24, 2.45) is 0 Å². The Bertz CT molecular complexity index is 766. The van der Waals surface area contributed by atoms with Crippen LogP contribution in [-0.4, -0.2) is 72.6 Å². The van der Waals surface area contributed by atoms with Crippen LogP contribution in [-0.2, 0) is 13.1 Å². The Kier molecular flexibility index (Phi) is 8.10. The van der Waals surface area contributed by atoms with E-state index in [1.807, 2.05) is 24.3 Å². The molecule has 1 atom stereocenters. The van der Waals surface area contributed by atoms with Crippen LogP contribution in [0.15, 0.2) is 48.5 Å². The van der Waals surface area contributed by atoms with E-state index in [4.69, 9.17) is 14.6 Å². The van der Waals surface area contributed by atoms with Crippen molar-refractivity contribution >= 4 is 0 Å². The molecule has 1 fully saturated rings. The number of ether oxygens (including phenoxy) is 2. The fraction of sp³-hybridized carbons (Fsp3) is 0.500. The van der Waals surface area contributed by atoms with Crippen LogP contribution in [0.2, 0.25) is 0 Å². The number of rotatable bonds is 11. The van der Waals surface area contributed by atoms with Crippen molar-refractivity contribution in [3.05, 3.63) is 59.7 Å². The molecule has 1 aliphatic rings. The van der Waals surface area contributed by atoms with E-state index in [2.05, 4.69) is 41.1 Å². The minimum absolute atomic E-state index is 0.144. The highest BCUT2D eigenvalue weighted by atomic mass is 16.5. The summed E-state index contributed by atoms with van der Waals surface area (Å²) in [5.41, 5.74) is 1.73. The van der Waals surface area contributed by atoms with Crippen molar-refractivity contribution in [2.75, 3.05) is 47.0 Å². The summed E-state index contributed by atoms with van der Waals surface area (Å²) in [6.07, 6.45) is 1.42. The first-order valence-corrected chi connectivity index (χ1v) is 10.6. The Morgan fingerprint density at radius 1 is 1.03 bits per heavy atom. The van der Waals surface area contributed by atoms with Crippen molar-refractivity contribution in [1.29, 1.82) is 0 Å². The number of aliphatic hydroxyl groups excluding tert-OH is 1. The summed E-state index contributed by atoms with van der Waals surface area (Å²) in [5.74, 6) is 1.68. The average molecular weight is 415 g/mol. The SMILES string of the molecule is COc1ccc(CN(C)C[C@@]2(O)CCN(Cc3ccc(OCCCO)cc3)C2)cc1. The van der Waals surface area contributed by atoms with E-state index in [0.717, 1.165) is 37.6 Å². The monoisotopic (exact) mass is 414 g/mol. The molecule has 0 unspecified atom stereocenters. The van der Waals surface area contributed by atoms with Crippen LogP contribution in [0.25, 0.3) is 0 Å². The minimum atomic E-state index is -0.686. The topological polar surface area (TPSA) is 65.4 Å². The van der Waals surface area contributed by atoms with E-state index in [1.165, 1.54) is 11.1 Å². The number of hydrogen-bond donors (Lipinski definition) is 2. The summed E-state index contributed by atoms with van der Waals surface area (Å²) < 4.78 is 10.8. The molecule has 2 N–H and O–H groups in total. The van der Waals surface area contributed by atoms with Crippen molar-refractivity contribution in [2.45, 2.75) is 31.5 Å². The number of hydrogen-bond acceptors (Lipinski definition) is 6. The molecule has 2 aromatic rings. The predicted molar refractivity (Wildman–Crippen MR) is 118 cm³/mol. The summed E-state index contributed by atoms with van der Waals surface area (Å²) in [6.45, 7) is 4.50. The first-order chi connectivity index (χ1) is 14.5. The van der Waals surface area contributed by atoms with Gasteiger partial charge in [-0.3, -0.25) is 9.80 Å². The Morgan fingerprint density at radius 3 is 2.37 bits per heavy atom. The Balaban J connectivity index is 1.46. The van der Waals surface area contributed by atoms with Crippen LogP contribution >= 0.6 is 0 Å². The number of nitrogens with zero attached hydrogens (tertiary/aromatic N) is 2. The molecule has 2 aromatic carbocycles. The zero-order valence-electron chi connectivity index (χ0n) is 18.1. The highest BCUT2D eigenvalue weighted by Crippen LogP contribution is 2.25. The molecule has 1 heterocycles. The van der Waals surface area contributed by atoms with Crippen molar-refractivity contribution in [3.63, 3.8) is 0 Å². The molecule has 0 spiro atoms. The fourth-order valence-corrected chi connectivity index (χ4v) is 4.01. The minimum Gasteiger partial charge on any atom is -0.497 e. The lowest BCUT2D eigenvalue weighted by Crippen LogP contribution is -2.43. The number of benzene rings is 2. The molecule has 0 radical (unpaired) electrons. The molecule has 1 saturated heterocycles. The number of methoxy groups -OCH3 is 1. The van der Waals surface area contributed by atoms with E-state index >= 15 is 0 Å². The van der Waals surface area contributed by atoms with Gasteiger partial charge in [-0.25, -0.2) is 0 Å². The molecule has 164 valence electrons. The molecule has 0 bridgehead atoms. The van der Waals surface area contributed by atoms with Gasteiger partial charge in [-0.1, -0.05) is 24.3 Å². The van der Waals surface area contributed by atoms with Gasteiger partial charge >= 0.3 is 0 Å². The van der Waals surface area contributed by atoms with Crippen LogP contribution in [0.3, 0.4) is 0 Å². The lowest BCUT2D eigenvalue weighted by molar-refractivity contribution is 0.0162. The highest BCUT2D eigenvalue weighted by Gasteiger charge is 2.36. The van der Waals surface area contributed by atoms with Crippen LogP contribution in [0.5, 0.6) is 11.5 Å². The maximum atomic E-state index is 11.1. The average Bonchev–Trinajstić information content (AvgIpc) is 3.10. The van der Waals surface area contributed by atoms with Crippen molar-refractivity contribution in [3.8, 4) is 11.5 Å². The fourth-order valence-electron chi connectivity index (χ4n) is 4.01. The zero-order valence-corrected chi connectivity index (χ0v) is 18.1. The van der Waals surface area contributed by atoms with Gasteiger partial charge in [0.05, 0.1) is 19.3 Å². The first kappa shape index (κ1) is 22.6. The lowest BCUT2D eigenvalue weighted by atomic mass is 10.0. The van der Waals surface area contributed by atoms with Crippen LogP contribution in [0.4, 0.5) is 0 Å². The third-order valence-electron chi connectivity index (χ3n) is 5.49. The van der Waals surface area contributed by atoms with Gasteiger partial charge in [-0.15, -0.1) is 0 Å². The first-order valence-electron chi connectivity index (χ1n) is 10.6. The molecule has 0 aliphatic carbocycles. The third-order valence-corrected chi connectivity index (χ3v) is 5.49. The molecule has 1 aliphatic heterocycles. The quantitative estimate of drug-likeness (QED) is 0.551. The molecule has 3 rings (SSSR count). The molecule has 0 amide bonds. The smallest absolute Gasteiger partial charge is 0.119 e. The highest BCUT2D eigenvalue weighted by molar-refractivity contribution is 5.28. The normalized spacial score (nSPS) is 19.4.